The third-order valence-electron chi connectivity index (χ3n) is 6.17. The summed E-state index contributed by atoms with van der Waals surface area (Å²) in [6.45, 7) is 3.63. The number of rotatable bonds is 7. The second-order valence-corrected chi connectivity index (χ2v) is 11.2. The van der Waals surface area contributed by atoms with Crippen molar-refractivity contribution in [2.45, 2.75) is 32.2 Å². The van der Waals surface area contributed by atoms with Crippen LogP contribution in [0.5, 0.6) is 11.5 Å². The maximum atomic E-state index is 14.8. The predicted molar refractivity (Wildman–Crippen MR) is 149 cm³/mol. The van der Waals surface area contributed by atoms with Crippen molar-refractivity contribution in [2.24, 2.45) is 11.7 Å². The Balaban J connectivity index is 1.41. The van der Waals surface area contributed by atoms with Crippen LogP contribution in [0.1, 0.15) is 48.2 Å². The number of ether oxygens (including phenoxy) is 1. The van der Waals surface area contributed by atoms with Gasteiger partial charge < -0.3 is 21.1 Å². The summed E-state index contributed by atoms with van der Waals surface area (Å²) < 4.78 is 21.2. The quantitative estimate of drug-likeness (QED) is 0.234. The Bertz CT molecular complexity index is 1670. The van der Waals surface area contributed by atoms with Crippen molar-refractivity contribution in [3.63, 3.8) is 0 Å². The fourth-order valence-corrected chi connectivity index (χ4v) is 4.99. The summed E-state index contributed by atoms with van der Waals surface area (Å²) in [7, 11) is 0. The first-order chi connectivity index (χ1) is 18.5. The van der Waals surface area contributed by atoms with Gasteiger partial charge in [0, 0.05) is 23.1 Å². The molecular formula is C28H23ClFN5O3S. The van der Waals surface area contributed by atoms with Crippen molar-refractivity contribution in [2.75, 3.05) is 10.6 Å². The standard InChI is InChI=1S/C28H23ClFN5O3S/c1-28(2,32)16-5-3-4-15(10-16)26(37)33-21-12-23(18(29)11-19(21)30)38-22-9-8-20-24(17(22)13-31)39-27(34-20)35-25(36)14-6-7-14/h3-5,8-12,14H,6-7,32H2,1-2H3,(H,33,37)(H,34,35,36). The van der Waals surface area contributed by atoms with E-state index in [9.17, 15) is 19.2 Å². The van der Waals surface area contributed by atoms with E-state index in [0.29, 0.717) is 20.9 Å². The Morgan fingerprint density at radius 1 is 1.18 bits per heavy atom. The van der Waals surface area contributed by atoms with E-state index in [1.54, 1.807) is 30.3 Å². The molecule has 1 heterocycles. The Kier molecular flexibility index (Phi) is 6.99. The van der Waals surface area contributed by atoms with Crippen LogP contribution in [0.4, 0.5) is 15.2 Å². The summed E-state index contributed by atoms with van der Waals surface area (Å²) in [4.78, 5) is 29.4. The maximum Gasteiger partial charge on any atom is 0.255 e. The molecule has 5 rings (SSSR count). The van der Waals surface area contributed by atoms with Gasteiger partial charge in [-0.05, 0) is 62.6 Å². The molecule has 4 N–H and O–H groups in total. The molecule has 0 atom stereocenters. The van der Waals surface area contributed by atoms with E-state index in [2.05, 4.69) is 21.7 Å². The van der Waals surface area contributed by atoms with Crippen LogP contribution >= 0.6 is 22.9 Å². The largest absolute Gasteiger partial charge is 0.454 e. The Hall–Kier alpha value is -4.04. The molecule has 0 aliphatic heterocycles. The fourth-order valence-electron chi connectivity index (χ4n) is 3.85. The van der Waals surface area contributed by atoms with Gasteiger partial charge in [-0.3, -0.25) is 9.59 Å². The average molecular weight is 564 g/mol. The number of nitriles is 1. The highest BCUT2D eigenvalue weighted by Crippen LogP contribution is 2.40. The number of benzene rings is 3. The molecule has 1 aliphatic rings. The molecule has 0 saturated heterocycles. The first-order valence-corrected chi connectivity index (χ1v) is 13.2. The molecule has 11 heteroatoms. The second-order valence-electron chi connectivity index (χ2n) is 9.80. The number of nitrogens with one attached hydrogen (secondary N) is 2. The molecule has 4 aromatic rings. The van der Waals surface area contributed by atoms with Crippen molar-refractivity contribution >= 4 is 55.8 Å². The minimum Gasteiger partial charge on any atom is -0.454 e. The number of aromatic nitrogens is 1. The summed E-state index contributed by atoms with van der Waals surface area (Å²) in [5, 5.41) is 15.6. The van der Waals surface area contributed by atoms with E-state index < -0.39 is 17.3 Å². The highest BCUT2D eigenvalue weighted by Gasteiger charge is 2.30. The number of nitrogens with two attached hydrogens (primary N) is 1. The molecule has 0 radical (unpaired) electrons. The summed E-state index contributed by atoms with van der Waals surface area (Å²) in [5.41, 5.74) is 7.08. The van der Waals surface area contributed by atoms with Gasteiger partial charge in [-0.1, -0.05) is 35.1 Å². The molecule has 2 amide bonds. The fraction of sp³-hybridized carbons (Fsp3) is 0.214. The molecule has 198 valence electrons. The molecule has 1 aliphatic carbocycles. The van der Waals surface area contributed by atoms with Crippen LogP contribution in [0.15, 0.2) is 48.5 Å². The lowest BCUT2D eigenvalue weighted by Crippen LogP contribution is -2.29. The highest BCUT2D eigenvalue weighted by atomic mass is 35.5. The lowest BCUT2D eigenvalue weighted by atomic mass is 9.94. The third-order valence-corrected chi connectivity index (χ3v) is 7.47. The van der Waals surface area contributed by atoms with Crippen LogP contribution in [-0.4, -0.2) is 16.8 Å². The molecular weight excluding hydrogens is 541 g/mol. The van der Waals surface area contributed by atoms with Crippen LogP contribution in [0.25, 0.3) is 10.2 Å². The first kappa shape index (κ1) is 26.6. The lowest BCUT2D eigenvalue weighted by Gasteiger charge is -2.19. The van der Waals surface area contributed by atoms with Crippen LogP contribution < -0.4 is 21.1 Å². The number of nitrogens with zero attached hydrogens (tertiary/aromatic N) is 2. The summed E-state index contributed by atoms with van der Waals surface area (Å²) >= 11 is 7.42. The van der Waals surface area contributed by atoms with E-state index in [1.165, 1.54) is 6.07 Å². The highest BCUT2D eigenvalue weighted by molar-refractivity contribution is 7.22. The zero-order valence-corrected chi connectivity index (χ0v) is 22.5. The molecule has 1 fully saturated rings. The zero-order valence-electron chi connectivity index (χ0n) is 21.0. The van der Waals surface area contributed by atoms with E-state index in [1.807, 2.05) is 19.9 Å². The third kappa shape index (κ3) is 5.71. The van der Waals surface area contributed by atoms with Crippen molar-refractivity contribution in [1.29, 1.82) is 5.26 Å². The van der Waals surface area contributed by atoms with Gasteiger partial charge in [-0.2, -0.15) is 5.26 Å². The number of amides is 2. The van der Waals surface area contributed by atoms with Crippen LogP contribution in [-0.2, 0) is 10.3 Å². The molecule has 0 bridgehead atoms. The Labute approximate surface area is 232 Å². The molecule has 0 unspecified atom stereocenters. The van der Waals surface area contributed by atoms with Crippen molar-refractivity contribution < 1.29 is 18.7 Å². The van der Waals surface area contributed by atoms with E-state index >= 15 is 0 Å². The Morgan fingerprint density at radius 3 is 2.64 bits per heavy atom. The summed E-state index contributed by atoms with van der Waals surface area (Å²) in [6, 6.07) is 14.3. The topological polar surface area (TPSA) is 130 Å². The van der Waals surface area contributed by atoms with Gasteiger partial charge in [0.1, 0.15) is 28.9 Å². The van der Waals surface area contributed by atoms with Crippen molar-refractivity contribution in [3.8, 4) is 17.6 Å². The molecule has 0 spiro atoms. The van der Waals surface area contributed by atoms with Gasteiger partial charge in [0.25, 0.3) is 5.91 Å². The van der Waals surface area contributed by atoms with Gasteiger partial charge in [-0.25, -0.2) is 9.37 Å². The van der Waals surface area contributed by atoms with Crippen molar-refractivity contribution in [3.05, 3.63) is 76.1 Å². The molecule has 3 aromatic carbocycles. The van der Waals surface area contributed by atoms with Gasteiger partial charge in [-0.15, -0.1) is 0 Å². The van der Waals surface area contributed by atoms with Crippen LogP contribution in [0, 0.1) is 23.1 Å². The monoisotopic (exact) mass is 563 g/mol. The summed E-state index contributed by atoms with van der Waals surface area (Å²) in [6.07, 6.45) is 1.72. The second kappa shape index (κ2) is 10.3. The van der Waals surface area contributed by atoms with E-state index in [-0.39, 0.29) is 39.6 Å². The first-order valence-electron chi connectivity index (χ1n) is 12.1. The number of anilines is 2. The van der Waals surface area contributed by atoms with E-state index in [0.717, 1.165) is 35.8 Å². The lowest BCUT2D eigenvalue weighted by molar-refractivity contribution is -0.117. The molecule has 39 heavy (non-hydrogen) atoms. The maximum absolute atomic E-state index is 14.8. The Morgan fingerprint density at radius 2 is 1.95 bits per heavy atom. The number of halogens is 2. The number of carbonyl (C=O) groups is 2. The number of hydrogen-bond donors (Lipinski definition) is 3. The van der Waals surface area contributed by atoms with Gasteiger partial charge in [0.2, 0.25) is 5.91 Å². The van der Waals surface area contributed by atoms with Gasteiger partial charge in [0.05, 0.1) is 20.9 Å². The number of carbonyl (C=O) groups excluding carboxylic acids is 2. The van der Waals surface area contributed by atoms with E-state index in [4.69, 9.17) is 22.1 Å². The van der Waals surface area contributed by atoms with Crippen LogP contribution in [0.3, 0.4) is 0 Å². The molecule has 1 saturated carbocycles. The number of thiazole rings is 1. The van der Waals surface area contributed by atoms with Crippen molar-refractivity contribution in [1.82, 2.24) is 4.98 Å². The number of fused-ring (bicyclic) bond motifs is 1. The smallest absolute Gasteiger partial charge is 0.255 e. The molecule has 8 nitrogen and oxygen atoms in total. The average Bonchev–Trinajstić information content (AvgIpc) is 3.66. The normalized spacial score (nSPS) is 13.1. The summed E-state index contributed by atoms with van der Waals surface area (Å²) in [5.74, 6) is -1.18. The van der Waals surface area contributed by atoms with Gasteiger partial charge in [0.15, 0.2) is 5.13 Å². The zero-order chi connectivity index (χ0) is 27.9. The predicted octanol–water partition coefficient (Wildman–Crippen LogP) is 6.55. The minimum absolute atomic E-state index is 0.0121. The number of hydrogen-bond acceptors (Lipinski definition) is 7. The minimum atomic E-state index is -0.759. The van der Waals surface area contributed by atoms with Gasteiger partial charge >= 0.3 is 0 Å². The molecule has 1 aromatic heterocycles. The SMILES string of the molecule is CC(C)(N)c1cccc(C(=O)Nc2cc(Oc3ccc4nc(NC(=O)C5CC5)sc4c3C#N)c(Cl)cc2F)c1. The van der Waals surface area contributed by atoms with Crippen LogP contribution in [0.2, 0.25) is 5.02 Å².